The minimum Gasteiger partial charge on any atom is -0.290 e. The van der Waals surface area contributed by atoms with E-state index in [0.717, 1.165) is 28.8 Å². The van der Waals surface area contributed by atoms with Crippen molar-refractivity contribution in [1.82, 2.24) is 14.5 Å². The number of aryl methyl sites for hydroxylation is 2. The third-order valence-corrected chi connectivity index (χ3v) is 4.02. The molecule has 0 aliphatic rings. The molecular formula is C18H19N3O. The lowest BCUT2D eigenvalue weighted by Gasteiger charge is -2.18. The molecule has 0 aliphatic heterocycles. The summed E-state index contributed by atoms with van der Waals surface area (Å²) in [5.41, 5.74) is 3.74. The van der Waals surface area contributed by atoms with Gasteiger partial charge in [0.05, 0.1) is 29.0 Å². The first-order chi connectivity index (χ1) is 10.6. The Morgan fingerprint density at radius 1 is 1.18 bits per heavy atom. The van der Waals surface area contributed by atoms with Crippen molar-refractivity contribution in [3.63, 3.8) is 0 Å². The lowest BCUT2D eigenvalue weighted by atomic mass is 10.1. The summed E-state index contributed by atoms with van der Waals surface area (Å²) in [5, 5.41) is 0.691. The Morgan fingerprint density at radius 2 is 2.00 bits per heavy atom. The summed E-state index contributed by atoms with van der Waals surface area (Å²) >= 11 is 0. The van der Waals surface area contributed by atoms with E-state index in [-0.39, 0.29) is 11.6 Å². The summed E-state index contributed by atoms with van der Waals surface area (Å²) in [7, 11) is 0. The van der Waals surface area contributed by atoms with Gasteiger partial charge in [-0.1, -0.05) is 19.1 Å². The summed E-state index contributed by atoms with van der Waals surface area (Å²) in [6, 6.07) is 9.64. The topological polar surface area (TPSA) is 47.8 Å². The predicted molar refractivity (Wildman–Crippen MR) is 88.1 cm³/mol. The monoisotopic (exact) mass is 293 g/mol. The van der Waals surface area contributed by atoms with Crippen molar-refractivity contribution >= 4 is 10.9 Å². The number of hydrogen-bond donors (Lipinski definition) is 0. The zero-order valence-corrected chi connectivity index (χ0v) is 13.1. The molecular weight excluding hydrogens is 274 g/mol. The Labute approximate surface area is 129 Å². The van der Waals surface area contributed by atoms with Gasteiger partial charge in [0.2, 0.25) is 0 Å². The number of nitrogens with zero attached hydrogens (tertiary/aromatic N) is 3. The molecule has 0 amide bonds. The summed E-state index contributed by atoms with van der Waals surface area (Å²) in [6.45, 7) is 6.04. The molecule has 22 heavy (non-hydrogen) atoms. The highest BCUT2D eigenvalue weighted by atomic mass is 16.1. The molecule has 0 saturated heterocycles. The van der Waals surface area contributed by atoms with Gasteiger partial charge in [-0.15, -0.1) is 0 Å². The van der Waals surface area contributed by atoms with E-state index < -0.39 is 0 Å². The molecule has 0 fully saturated rings. The van der Waals surface area contributed by atoms with Crippen LogP contribution in [0.2, 0.25) is 0 Å². The van der Waals surface area contributed by atoms with Crippen LogP contribution in [0.4, 0.5) is 0 Å². The minimum atomic E-state index is -0.0936. The van der Waals surface area contributed by atoms with Crippen molar-refractivity contribution < 1.29 is 0 Å². The van der Waals surface area contributed by atoms with Crippen LogP contribution >= 0.6 is 0 Å². The number of pyridine rings is 1. The normalized spacial score (nSPS) is 12.5. The Bertz CT molecular complexity index is 883. The molecule has 4 heteroatoms. The van der Waals surface area contributed by atoms with Gasteiger partial charge in [0.1, 0.15) is 0 Å². The van der Waals surface area contributed by atoms with Gasteiger partial charge in [0.15, 0.2) is 0 Å². The molecule has 1 aromatic carbocycles. The maximum atomic E-state index is 12.9. The highest BCUT2D eigenvalue weighted by molar-refractivity contribution is 5.80. The molecule has 3 rings (SSSR count). The molecule has 1 atom stereocenters. The summed E-state index contributed by atoms with van der Waals surface area (Å²) in [6.07, 6.45) is 4.22. The zero-order chi connectivity index (χ0) is 15.7. The van der Waals surface area contributed by atoms with Crippen molar-refractivity contribution in [2.45, 2.75) is 33.2 Å². The second kappa shape index (κ2) is 5.72. The SMILES string of the molecule is CCC(c1cc(C)ccn1)n1cnc2cccc(C)c2c1=O. The van der Waals surface area contributed by atoms with Gasteiger partial charge in [-0.25, -0.2) is 4.98 Å². The lowest BCUT2D eigenvalue weighted by Crippen LogP contribution is -2.26. The zero-order valence-electron chi connectivity index (χ0n) is 13.1. The van der Waals surface area contributed by atoms with E-state index in [9.17, 15) is 4.79 Å². The lowest BCUT2D eigenvalue weighted by molar-refractivity contribution is 0.530. The largest absolute Gasteiger partial charge is 0.290 e. The summed E-state index contributed by atoms with van der Waals surface area (Å²) in [4.78, 5) is 21.8. The van der Waals surface area contributed by atoms with Gasteiger partial charge in [-0.05, 0) is 49.6 Å². The highest BCUT2D eigenvalue weighted by Gasteiger charge is 2.17. The van der Waals surface area contributed by atoms with Gasteiger partial charge < -0.3 is 0 Å². The molecule has 2 heterocycles. The average molecular weight is 293 g/mol. The van der Waals surface area contributed by atoms with E-state index in [0.29, 0.717) is 5.39 Å². The number of aromatic nitrogens is 3. The minimum absolute atomic E-state index is 0.00161. The van der Waals surface area contributed by atoms with E-state index in [1.165, 1.54) is 0 Å². The van der Waals surface area contributed by atoms with Crippen molar-refractivity contribution in [2.75, 3.05) is 0 Å². The van der Waals surface area contributed by atoms with Crippen molar-refractivity contribution in [3.05, 3.63) is 70.0 Å². The summed E-state index contributed by atoms with van der Waals surface area (Å²) in [5.74, 6) is 0. The van der Waals surface area contributed by atoms with E-state index in [2.05, 4.69) is 16.9 Å². The Kier molecular flexibility index (Phi) is 3.75. The van der Waals surface area contributed by atoms with Crippen LogP contribution in [0.5, 0.6) is 0 Å². The molecule has 0 radical (unpaired) electrons. The number of hydrogen-bond acceptors (Lipinski definition) is 3. The second-order valence-electron chi connectivity index (χ2n) is 5.61. The number of benzene rings is 1. The molecule has 0 N–H and O–H groups in total. The van der Waals surface area contributed by atoms with E-state index in [1.807, 2.05) is 44.2 Å². The molecule has 0 saturated carbocycles. The smallest absolute Gasteiger partial charge is 0.262 e. The van der Waals surface area contributed by atoms with Gasteiger partial charge in [-0.2, -0.15) is 0 Å². The van der Waals surface area contributed by atoms with Crippen LogP contribution in [0, 0.1) is 13.8 Å². The fraction of sp³-hybridized carbons (Fsp3) is 0.278. The van der Waals surface area contributed by atoms with Crippen molar-refractivity contribution in [3.8, 4) is 0 Å². The van der Waals surface area contributed by atoms with Gasteiger partial charge >= 0.3 is 0 Å². The Balaban J connectivity index is 2.22. The first-order valence-corrected chi connectivity index (χ1v) is 7.51. The van der Waals surface area contributed by atoms with Crippen LogP contribution < -0.4 is 5.56 Å². The van der Waals surface area contributed by atoms with Crippen LogP contribution in [0.15, 0.2) is 47.7 Å². The van der Waals surface area contributed by atoms with Crippen LogP contribution in [-0.2, 0) is 0 Å². The molecule has 0 spiro atoms. The number of rotatable bonds is 3. The standard InChI is InChI=1S/C18H19N3O/c1-4-16(15-10-12(2)8-9-19-15)21-11-20-14-7-5-6-13(3)17(14)18(21)22/h5-11,16H,4H2,1-3H3. The molecule has 3 aromatic rings. The van der Waals surface area contributed by atoms with Gasteiger partial charge in [0, 0.05) is 6.20 Å². The maximum absolute atomic E-state index is 12.9. The van der Waals surface area contributed by atoms with Gasteiger partial charge in [-0.3, -0.25) is 14.3 Å². The van der Waals surface area contributed by atoms with Crippen LogP contribution in [-0.4, -0.2) is 14.5 Å². The van der Waals surface area contributed by atoms with Gasteiger partial charge in [0.25, 0.3) is 5.56 Å². The molecule has 4 nitrogen and oxygen atoms in total. The first-order valence-electron chi connectivity index (χ1n) is 7.51. The molecule has 112 valence electrons. The maximum Gasteiger partial charge on any atom is 0.262 e. The fourth-order valence-corrected chi connectivity index (χ4v) is 2.86. The average Bonchev–Trinajstić information content (AvgIpc) is 2.50. The van der Waals surface area contributed by atoms with Crippen LogP contribution in [0.1, 0.15) is 36.2 Å². The molecule has 2 aromatic heterocycles. The molecule has 0 aliphatic carbocycles. The summed E-state index contributed by atoms with van der Waals surface area (Å²) < 4.78 is 1.71. The molecule has 0 bridgehead atoms. The van der Waals surface area contributed by atoms with E-state index in [4.69, 9.17) is 0 Å². The van der Waals surface area contributed by atoms with Crippen molar-refractivity contribution in [2.24, 2.45) is 0 Å². The third-order valence-electron chi connectivity index (χ3n) is 4.02. The highest BCUT2D eigenvalue weighted by Crippen LogP contribution is 2.20. The van der Waals surface area contributed by atoms with Crippen molar-refractivity contribution in [1.29, 1.82) is 0 Å². The fourth-order valence-electron chi connectivity index (χ4n) is 2.86. The molecule has 1 unspecified atom stereocenters. The number of fused-ring (bicyclic) bond motifs is 1. The predicted octanol–water partition coefficient (Wildman–Crippen LogP) is 3.41. The van der Waals surface area contributed by atoms with Crippen LogP contribution in [0.3, 0.4) is 0 Å². The second-order valence-corrected chi connectivity index (χ2v) is 5.61. The Hall–Kier alpha value is -2.49. The van der Waals surface area contributed by atoms with Crippen LogP contribution in [0.25, 0.3) is 10.9 Å². The van der Waals surface area contributed by atoms with E-state index in [1.54, 1.807) is 17.1 Å². The Morgan fingerprint density at radius 3 is 2.73 bits per heavy atom. The third kappa shape index (κ3) is 2.41. The quantitative estimate of drug-likeness (QED) is 0.743. The van der Waals surface area contributed by atoms with E-state index >= 15 is 0 Å². The first kappa shape index (κ1) is 14.4.